The molecule has 0 aliphatic carbocycles. The van der Waals surface area contributed by atoms with Gasteiger partial charge in [0.2, 0.25) is 11.8 Å². The van der Waals surface area contributed by atoms with Crippen molar-refractivity contribution in [3.63, 3.8) is 0 Å². The molecule has 2 aromatic carbocycles. The van der Waals surface area contributed by atoms with Crippen molar-refractivity contribution in [1.29, 1.82) is 0 Å². The summed E-state index contributed by atoms with van der Waals surface area (Å²) in [5.74, 6) is 1.06. The minimum atomic E-state index is -0.370. The van der Waals surface area contributed by atoms with Crippen LogP contribution in [-0.4, -0.2) is 44.0 Å². The van der Waals surface area contributed by atoms with Crippen LogP contribution < -0.4 is 20.1 Å². The SMILES string of the molecule is COc1cccc(CN(C)[C@H](C)C(=O)Nc2ccc(NC(C)=O)cc2)c1OC. The summed E-state index contributed by atoms with van der Waals surface area (Å²) >= 11 is 0. The molecule has 7 nitrogen and oxygen atoms in total. The van der Waals surface area contributed by atoms with Crippen LogP contribution in [0.2, 0.25) is 0 Å². The average molecular weight is 385 g/mol. The molecule has 0 saturated carbocycles. The topological polar surface area (TPSA) is 79.9 Å². The predicted molar refractivity (Wildman–Crippen MR) is 110 cm³/mol. The predicted octanol–water partition coefficient (Wildman–Crippen LogP) is 3.12. The first-order valence-electron chi connectivity index (χ1n) is 8.94. The van der Waals surface area contributed by atoms with Gasteiger partial charge in [0, 0.05) is 30.4 Å². The molecule has 2 N–H and O–H groups in total. The molecule has 0 unspecified atom stereocenters. The van der Waals surface area contributed by atoms with Gasteiger partial charge in [-0.15, -0.1) is 0 Å². The standard InChI is InChI=1S/C21H27N3O4/c1-14(21(26)23-18-11-9-17(10-12-18)22-15(2)25)24(3)13-16-7-6-8-19(27-4)20(16)28-5/h6-12,14H,13H2,1-5H3,(H,22,25)(H,23,26)/t14-/m1/s1. The number of amides is 2. The zero-order valence-corrected chi connectivity index (χ0v) is 16.9. The molecule has 2 rings (SSSR count). The van der Waals surface area contributed by atoms with Crippen LogP contribution >= 0.6 is 0 Å². The number of carbonyl (C=O) groups is 2. The second kappa shape index (κ2) is 9.75. The normalized spacial score (nSPS) is 11.6. The lowest BCUT2D eigenvalue weighted by atomic mass is 10.1. The second-order valence-electron chi connectivity index (χ2n) is 6.49. The number of nitrogens with zero attached hydrogens (tertiary/aromatic N) is 1. The number of hydrogen-bond acceptors (Lipinski definition) is 5. The van der Waals surface area contributed by atoms with Crippen molar-refractivity contribution in [1.82, 2.24) is 4.90 Å². The summed E-state index contributed by atoms with van der Waals surface area (Å²) in [6.45, 7) is 3.81. The number of rotatable bonds is 8. The number of benzene rings is 2. The fraction of sp³-hybridized carbons (Fsp3) is 0.333. The summed E-state index contributed by atoms with van der Waals surface area (Å²) in [4.78, 5) is 25.6. The van der Waals surface area contributed by atoms with Crippen LogP contribution in [0, 0.1) is 0 Å². The van der Waals surface area contributed by atoms with Crippen LogP contribution in [0.4, 0.5) is 11.4 Å². The largest absolute Gasteiger partial charge is 0.493 e. The molecule has 0 saturated heterocycles. The number of para-hydroxylation sites is 1. The third kappa shape index (κ3) is 5.47. The van der Waals surface area contributed by atoms with Gasteiger partial charge in [-0.1, -0.05) is 12.1 Å². The molecule has 1 atom stereocenters. The van der Waals surface area contributed by atoms with Gasteiger partial charge in [0.1, 0.15) is 0 Å². The molecule has 0 bridgehead atoms. The first kappa shape index (κ1) is 21.2. The number of methoxy groups -OCH3 is 2. The summed E-state index contributed by atoms with van der Waals surface area (Å²) in [6.07, 6.45) is 0. The van der Waals surface area contributed by atoms with E-state index in [1.165, 1.54) is 6.92 Å². The highest BCUT2D eigenvalue weighted by atomic mass is 16.5. The molecule has 0 spiro atoms. The maximum Gasteiger partial charge on any atom is 0.241 e. The van der Waals surface area contributed by atoms with E-state index in [2.05, 4.69) is 10.6 Å². The molecule has 0 aliphatic heterocycles. The van der Waals surface area contributed by atoms with E-state index in [4.69, 9.17) is 9.47 Å². The molecule has 0 heterocycles. The highest BCUT2D eigenvalue weighted by Gasteiger charge is 2.20. The van der Waals surface area contributed by atoms with E-state index in [-0.39, 0.29) is 17.9 Å². The van der Waals surface area contributed by atoms with E-state index >= 15 is 0 Å². The van der Waals surface area contributed by atoms with Crippen LogP contribution in [-0.2, 0) is 16.1 Å². The van der Waals surface area contributed by atoms with Gasteiger partial charge in [-0.2, -0.15) is 0 Å². The Morgan fingerprint density at radius 1 is 1.00 bits per heavy atom. The van der Waals surface area contributed by atoms with Crippen molar-refractivity contribution in [2.24, 2.45) is 0 Å². The fourth-order valence-electron chi connectivity index (χ4n) is 2.77. The van der Waals surface area contributed by atoms with Crippen LogP contribution in [0.1, 0.15) is 19.4 Å². The molecule has 7 heteroatoms. The van der Waals surface area contributed by atoms with Crippen molar-refractivity contribution in [2.45, 2.75) is 26.4 Å². The average Bonchev–Trinajstić information content (AvgIpc) is 2.68. The third-order valence-electron chi connectivity index (χ3n) is 4.42. The minimum Gasteiger partial charge on any atom is -0.493 e. The Bertz CT molecular complexity index is 821. The number of anilines is 2. The zero-order valence-electron chi connectivity index (χ0n) is 16.9. The molecule has 2 aromatic rings. The van der Waals surface area contributed by atoms with Gasteiger partial charge in [-0.25, -0.2) is 0 Å². The number of ether oxygens (including phenoxy) is 2. The molecule has 0 fully saturated rings. The van der Waals surface area contributed by atoms with Gasteiger partial charge >= 0.3 is 0 Å². The highest BCUT2D eigenvalue weighted by Crippen LogP contribution is 2.31. The third-order valence-corrected chi connectivity index (χ3v) is 4.42. The molecular formula is C21H27N3O4. The van der Waals surface area contributed by atoms with Crippen molar-refractivity contribution in [3.8, 4) is 11.5 Å². The van der Waals surface area contributed by atoms with Gasteiger partial charge < -0.3 is 20.1 Å². The van der Waals surface area contributed by atoms with Crippen LogP contribution in [0.25, 0.3) is 0 Å². The lowest BCUT2D eigenvalue weighted by molar-refractivity contribution is -0.120. The minimum absolute atomic E-state index is 0.128. The summed E-state index contributed by atoms with van der Waals surface area (Å²) in [5, 5.41) is 5.58. The zero-order chi connectivity index (χ0) is 20.7. The van der Waals surface area contributed by atoms with Crippen molar-refractivity contribution in [3.05, 3.63) is 48.0 Å². The Morgan fingerprint density at radius 2 is 1.61 bits per heavy atom. The lowest BCUT2D eigenvalue weighted by Crippen LogP contribution is -2.39. The Hall–Kier alpha value is -3.06. The summed E-state index contributed by atoms with van der Waals surface area (Å²) in [6, 6.07) is 12.3. The molecule has 0 aromatic heterocycles. The van der Waals surface area contributed by atoms with Gasteiger partial charge in [-0.3, -0.25) is 14.5 Å². The van der Waals surface area contributed by atoms with Gasteiger partial charge in [0.05, 0.1) is 20.3 Å². The van der Waals surface area contributed by atoms with Crippen molar-refractivity contribution >= 4 is 23.2 Å². The summed E-state index contributed by atoms with van der Waals surface area (Å²) in [5.41, 5.74) is 2.28. The maximum atomic E-state index is 12.6. The van der Waals surface area contributed by atoms with Gasteiger partial charge in [-0.05, 0) is 44.3 Å². The Morgan fingerprint density at radius 3 is 2.14 bits per heavy atom. The molecule has 2 amide bonds. The van der Waals surface area contributed by atoms with Crippen molar-refractivity contribution in [2.75, 3.05) is 31.9 Å². The summed E-state index contributed by atoms with van der Waals surface area (Å²) < 4.78 is 10.8. The summed E-state index contributed by atoms with van der Waals surface area (Å²) in [7, 11) is 5.07. The second-order valence-corrected chi connectivity index (χ2v) is 6.49. The molecule has 0 radical (unpaired) electrons. The first-order chi connectivity index (χ1) is 13.3. The van der Waals surface area contributed by atoms with E-state index in [1.807, 2.05) is 37.1 Å². The molecule has 28 heavy (non-hydrogen) atoms. The van der Waals surface area contributed by atoms with E-state index < -0.39 is 0 Å². The Kier molecular flexibility index (Phi) is 7.40. The maximum absolute atomic E-state index is 12.6. The van der Waals surface area contributed by atoms with Gasteiger partial charge in [0.15, 0.2) is 11.5 Å². The Labute approximate surface area is 165 Å². The quantitative estimate of drug-likeness (QED) is 0.730. The number of nitrogens with one attached hydrogen (secondary N) is 2. The monoisotopic (exact) mass is 385 g/mol. The number of hydrogen-bond donors (Lipinski definition) is 2. The van der Waals surface area contributed by atoms with Gasteiger partial charge in [0.25, 0.3) is 0 Å². The number of likely N-dealkylation sites (N-methyl/N-ethyl adjacent to an activating group) is 1. The highest BCUT2D eigenvalue weighted by molar-refractivity contribution is 5.95. The van der Waals surface area contributed by atoms with E-state index in [9.17, 15) is 9.59 Å². The van der Waals surface area contributed by atoms with E-state index in [0.717, 1.165) is 5.56 Å². The molecule has 150 valence electrons. The van der Waals surface area contributed by atoms with Crippen LogP contribution in [0.3, 0.4) is 0 Å². The van der Waals surface area contributed by atoms with Crippen LogP contribution in [0.15, 0.2) is 42.5 Å². The fourth-order valence-corrected chi connectivity index (χ4v) is 2.77. The lowest BCUT2D eigenvalue weighted by Gasteiger charge is -2.25. The first-order valence-corrected chi connectivity index (χ1v) is 8.94. The van der Waals surface area contributed by atoms with E-state index in [0.29, 0.717) is 29.4 Å². The smallest absolute Gasteiger partial charge is 0.241 e. The van der Waals surface area contributed by atoms with E-state index in [1.54, 1.807) is 38.5 Å². The molecule has 0 aliphatic rings. The Balaban J connectivity index is 2.02. The number of carbonyl (C=O) groups excluding carboxylic acids is 2. The van der Waals surface area contributed by atoms with Crippen LogP contribution in [0.5, 0.6) is 11.5 Å². The van der Waals surface area contributed by atoms with Crippen molar-refractivity contribution < 1.29 is 19.1 Å². The molecular weight excluding hydrogens is 358 g/mol.